The van der Waals surface area contributed by atoms with Gasteiger partial charge in [0.05, 0.1) is 31.3 Å². The normalized spacial score (nSPS) is 29.2. The highest BCUT2D eigenvalue weighted by Crippen LogP contribution is 2.24. The summed E-state index contributed by atoms with van der Waals surface area (Å²) in [6.07, 6.45) is 8.58. The average molecular weight is 850 g/mol. The minimum absolute atomic E-state index is 0.0288. The average Bonchev–Trinajstić information content (AvgIpc) is 3.23. The van der Waals surface area contributed by atoms with Crippen LogP contribution in [0.2, 0.25) is 0 Å². The van der Waals surface area contributed by atoms with E-state index in [0.717, 1.165) is 0 Å². The fourth-order valence-corrected chi connectivity index (χ4v) is 7.33. The SMILES string of the molecule is CC(=O)CC[C@H]1C(=O)N[C@@H](C(C)C)C(=O)N[C@@H](Cc2cccc(O)c2)C(=O)N2CCCC(N2)C(=O)O[C@H](/C(C)=C/C=C/C(=O)N2CCOCC2)C/C=C/C=C/[C@H](O)[C@H](C)[C@H]1O. The van der Waals surface area contributed by atoms with E-state index < -0.39 is 77.9 Å². The number of ether oxygens (including phenoxy) is 2. The molecule has 3 aliphatic rings. The number of esters is 1. The fourth-order valence-electron chi connectivity index (χ4n) is 7.33. The molecule has 3 aliphatic heterocycles. The van der Waals surface area contributed by atoms with Gasteiger partial charge in [-0.15, -0.1) is 0 Å². The van der Waals surface area contributed by atoms with E-state index in [-0.39, 0.29) is 49.7 Å². The molecule has 8 atom stereocenters. The van der Waals surface area contributed by atoms with Crippen LogP contribution >= 0.6 is 0 Å². The number of aliphatic hydroxyl groups excluding tert-OH is 2. The van der Waals surface area contributed by atoms with Gasteiger partial charge in [-0.3, -0.25) is 29.0 Å². The number of aliphatic hydroxyl groups is 2. The molecule has 0 saturated carbocycles. The van der Waals surface area contributed by atoms with Gasteiger partial charge in [-0.2, -0.15) is 0 Å². The zero-order valence-corrected chi connectivity index (χ0v) is 35.8. The highest BCUT2D eigenvalue weighted by atomic mass is 16.5. The lowest BCUT2D eigenvalue weighted by Crippen LogP contribution is -2.62. The number of fused-ring (bicyclic) bond motifs is 2. The Bertz CT molecular complexity index is 1820. The molecule has 4 amide bonds. The van der Waals surface area contributed by atoms with Crippen molar-refractivity contribution < 1.29 is 53.6 Å². The number of benzene rings is 1. The predicted molar refractivity (Wildman–Crippen MR) is 226 cm³/mol. The smallest absolute Gasteiger partial charge is 0.325 e. The standard InChI is InChI=1S/C45H63N5O11/c1-28(2)40-43(57)46-36(27-32-13-10-14-33(52)26-32)44(58)50-21-11-15-35(48-50)45(59)61-38(29(3)12-9-18-39(54)49-22-24-60-25-23-49)17-8-6-7-16-37(53)31(5)41(55)34(42(56)47-40)20-19-30(4)51/h6-10,12-14,16,18,26,28,31,34-38,40-41,48,52-53,55H,11,15,17,19-25,27H2,1-5H3,(H,46,57)(H,47,56)/b8-6+,16-7+,18-9+,29-12+/t31-,34+,35?,36-,37-,38-,40-,41+/m0/s1. The van der Waals surface area contributed by atoms with E-state index in [1.54, 1.807) is 75.1 Å². The van der Waals surface area contributed by atoms with Crippen molar-refractivity contribution >= 4 is 35.4 Å². The second kappa shape index (κ2) is 23.7. The molecule has 0 aliphatic carbocycles. The van der Waals surface area contributed by atoms with Crippen molar-refractivity contribution in [1.29, 1.82) is 0 Å². The van der Waals surface area contributed by atoms with Crippen LogP contribution in [0.5, 0.6) is 5.75 Å². The predicted octanol–water partition coefficient (Wildman–Crippen LogP) is 2.19. The third-order valence-corrected chi connectivity index (χ3v) is 11.2. The number of hydrazine groups is 1. The van der Waals surface area contributed by atoms with Crippen LogP contribution in [0.1, 0.15) is 72.3 Å². The Morgan fingerprint density at radius 1 is 1.00 bits per heavy atom. The third kappa shape index (κ3) is 14.8. The number of carbonyl (C=O) groups is 6. The van der Waals surface area contributed by atoms with Gasteiger partial charge in [0.2, 0.25) is 17.7 Å². The molecular weight excluding hydrogens is 787 g/mol. The maximum absolute atomic E-state index is 14.3. The van der Waals surface area contributed by atoms with Gasteiger partial charge in [0.15, 0.2) is 0 Å². The molecule has 1 aromatic rings. The van der Waals surface area contributed by atoms with E-state index in [2.05, 4.69) is 16.1 Å². The summed E-state index contributed by atoms with van der Waals surface area (Å²) in [6, 6.07) is 2.91. The zero-order valence-electron chi connectivity index (χ0n) is 35.8. The van der Waals surface area contributed by atoms with Crippen LogP contribution in [0.25, 0.3) is 0 Å². The van der Waals surface area contributed by atoms with Gasteiger partial charge < -0.3 is 45.1 Å². The molecule has 16 nitrogen and oxygen atoms in total. The van der Waals surface area contributed by atoms with Crippen LogP contribution in [0, 0.1) is 17.8 Å². The summed E-state index contributed by atoms with van der Waals surface area (Å²) in [7, 11) is 0. The third-order valence-electron chi connectivity index (χ3n) is 11.2. The van der Waals surface area contributed by atoms with Crippen LogP contribution in [0.15, 0.2) is 72.4 Å². The minimum Gasteiger partial charge on any atom is -0.508 e. The summed E-state index contributed by atoms with van der Waals surface area (Å²) >= 11 is 0. The van der Waals surface area contributed by atoms with Gasteiger partial charge >= 0.3 is 5.97 Å². The number of cyclic esters (lactones) is 1. The van der Waals surface area contributed by atoms with Crippen molar-refractivity contribution in [3.63, 3.8) is 0 Å². The summed E-state index contributed by atoms with van der Waals surface area (Å²) in [5.41, 5.74) is 4.17. The van der Waals surface area contributed by atoms with Crippen LogP contribution in [-0.2, 0) is 44.7 Å². The first-order valence-electron chi connectivity index (χ1n) is 21.1. The topological polar surface area (TPSA) is 224 Å². The van der Waals surface area contributed by atoms with E-state index in [1.165, 1.54) is 36.2 Å². The molecule has 16 heteroatoms. The monoisotopic (exact) mass is 849 g/mol. The Labute approximate surface area is 358 Å². The number of phenolic OH excluding ortho intramolecular Hbond substituents is 1. The second-order valence-corrected chi connectivity index (χ2v) is 16.3. The highest BCUT2D eigenvalue weighted by molar-refractivity contribution is 5.93. The Balaban J connectivity index is 1.70. The molecule has 6 N–H and O–H groups in total. The lowest BCUT2D eigenvalue weighted by molar-refractivity contribution is -0.156. The van der Waals surface area contributed by atoms with Gasteiger partial charge in [0, 0.05) is 50.9 Å². The van der Waals surface area contributed by atoms with E-state index in [0.29, 0.717) is 50.3 Å². The Morgan fingerprint density at radius 3 is 2.43 bits per heavy atom. The Hall–Kier alpha value is -5.16. The molecule has 4 rings (SSSR count). The Morgan fingerprint density at radius 2 is 1.74 bits per heavy atom. The number of carbonyl (C=O) groups excluding carboxylic acids is 6. The molecule has 0 radical (unpaired) electrons. The van der Waals surface area contributed by atoms with E-state index >= 15 is 0 Å². The summed E-state index contributed by atoms with van der Waals surface area (Å²) in [5.74, 6) is -5.55. The molecule has 61 heavy (non-hydrogen) atoms. The number of phenols is 1. The number of allylic oxidation sites excluding steroid dienone is 4. The molecule has 334 valence electrons. The molecule has 1 unspecified atom stereocenters. The first kappa shape index (κ1) is 48.5. The lowest BCUT2D eigenvalue weighted by Gasteiger charge is -2.36. The van der Waals surface area contributed by atoms with Crippen molar-refractivity contribution in [2.75, 3.05) is 32.8 Å². The highest BCUT2D eigenvalue weighted by Gasteiger charge is 2.38. The summed E-state index contributed by atoms with van der Waals surface area (Å²) in [6.45, 7) is 10.2. The van der Waals surface area contributed by atoms with Gasteiger partial charge in [-0.1, -0.05) is 69.4 Å². The summed E-state index contributed by atoms with van der Waals surface area (Å²) in [4.78, 5) is 82.6. The van der Waals surface area contributed by atoms with Crippen molar-refractivity contribution in [3.05, 3.63) is 77.9 Å². The van der Waals surface area contributed by atoms with Crippen molar-refractivity contribution in [2.45, 2.75) is 110 Å². The zero-order chi connectivity index (χ0) is 44.6. The van der Waals surface area contributed by atoms with Gasteiger partial charge in [-0.05, 0) is 62.3 Å². The molecule has 2 saturated heterocycles. The number of morpholine rings is 1. The van der Waals surface area contributed by atoms with Gasteiger partial charge in [0.1, 0.15) is 35.8 Å². The number of nitrogens with zero attached hydrogens (tertiary/aromatic N) is 2. The van der Waals surface area contributed by atoms with E-state index in [4.69, 9.17) is 9.47 Å². The Kier molecular flexibility index (Phi) is 18.9. The first-order chi connectivity index (χ1) is 29.0. The summed E-state index contributed by atoms with van der Waals surface area (Å²) < 4.78 is 11.4. The number of amides is 4. The van der Waals surface area contributed by atoms with E-state index in [1.807, 2.05) is 0 Å². The van der Waals surface area contributed by atoms with Crippen molar-refractivity contribution in [2.24, 2.45) is 17.8 Å². The molecule has 0 aromatic heterocycles. The molecule has 1 aromatic carbocycles. The van der Waals surface area contributed by atoms with Crippen LogP contribution in [0.4, 0.5) is 0 Å². The van der Waals surface area contributed by atoms with E-state index in [9.17, 15) is 44.1 Å². The van der Waals surface area contributed by atoms with Gasteiger partial charge in [-0.25, -0.2) is 5.43 Å². The number of hydrogen-bond acceptors (Lipinski definition) is 12. The minimum atomic E-state index is -1.42. The number of aromatic hydroxyl groups is 1. The second-order valence-electron chi connectivity index (χ2n) is 16.3. The largest absolute Gasteiger partial charge is 0.508 e. The quantitative estimate of drug-likeness (QED) is 0.120. The molecule has 2 fully saturated rings. The van der Waals surface area contributed by atoms with Crippen molar-refractivity contribution in [3.8, 4) is 5.75 Å². The number of Topliss-reactive ketones (excluding diaryl/α,β-unsaturated/α-hetero) is 1. The van der Waals surface area contributed by atoms with Crippen LogP contribution in [-0.4, -0.2) is 130 Å². The molecule has 0 spiro atoms. The number of rotatable bonds is 9. The number of nitrogens with one attached hydrogen (secondary N) is 3. The van der Waals surface area contributed by atoms with Crippen LogP contribution in [0.3, 0.4) is 0 Å². The summed E-state index contributed by atoms with van der Waals surface area (Å²) in [5, 5.41) is 39.6. The van der Waals surface area contributed by atoms with Crippen LogP contribution < -0.4 is 16.1 Å². The molecular formula is C45H63N5O11. The van der Waals surface area contributed by atoms with Gasteiger partial charge in [0.25, 0.3) is 5.91 Å². The molecule has 2 bridgehead atoms. The van der Waals surface area contributed by atoms with Crippen molar-refractivity contribution in [1.82, 2.24) is 26.0 Å². The number of hydrogen-bond donors (Lipinski definition) is 6. The number of ketones is 1. The molecule has 3 heterocycles. The maximum Gasteiger partial charge on any atom is 0.325 e. The first-order valence-corrected chi connectivity index (χ1v) is 21.1. The maximum atomic E-state index is 14.3. The fraction of sp³-hybridized carbons (Fsp3) is 0.556. The lowest BCUT2D eigenvalue weighted by atomic mass is 9.84.